The zero-order chi connectivity index (χ0) is 17.4. The Hall–Kier alpha value is -3.09. The first kappa shape index (κ1) is 17.3. The standard InChI is InChI=1S/C17H19N3O4/c1-23-14-6-5-12(8-15(14)24-2)10-19-16(21)17(22)20-11-13-4-3-7-18-9-13/h3-9H,10-11H2,1-2H3,(H,19,21)(H,20,22). The maximum Gasteiger partial charge on any atom is 0.309 e. The van der Waals surface area contributed by atoms with Gasteiger partial charge in [0, 0.05) is 25.5 Å². The summed E-state index contributed by atoms with van der Waals surface area (Å²) in [6.45, 7) is 0.454. The number of pyridine rings is 1. The third-order valence-electron chi connectivity index (χ3n) is 3.28. The minimum atomic E-state index is -0.700. The Morgan fingerprint density at radius 3 is 2.21 bits per heavy atom. The number of benzene rings is 1. The van der Waals surface area contributed by atoms with Crippen LogP contribution in [-0.2, 0) is 22.7 Å². The SMILES string of the molecule is COc1ccc(CNC(=O)C(=O)NCc2cccnc2)cc1OC. The van der Waals surface area contributed by atoms with Gasteiger partial charge < -0.3 is 20.1 Å². The molecule has 2 amide bonds. The molecule has 0 saturated heterocycles. The summed E-state index contributed by atoms with van der Waals surface area (Å²) in [7, 11) is 3.08. The monoisotopic (exact) mass is 329 g/mol. The quantitative estimate of drug-likeness (QED) is 0.773. The van der Waals surface area contributed by atoms with Crippen LogP contribution >= 0.6 is 0 Å². The Labute approximate surface area is 140 Å². The largest absolute Gasteiger partial charge is 0.493 e. The van der Waals surface area contributed by atoms with Gasteiger partial charge in [-0.2, -0.15) is 0 Å². The number of carbonyl (C=O) groups excluding carboxylic acids is 2. The van der Waals surface area contributed by atoms with Gasteiger partial charge in [-0.25, -0.2) is 0 Å². The third-order valence-corrected chi connectivity index (χ3v) is 3.28. The van der Waals surface area contributed by atoms with Crippen molar-refractivity contribution < 1.29 is 19.1 Å². The molecule has 1 heterocycles. The summed E-state index contributed by atoms with van der Waals surface area (Å²) in [5, 5.41) is 5.10. The molecule has 2 aromatic rings. The molecule has 7 nitrogen and oxygen atoms in total. The van der Waals surface area contributed by atoms with E-state index < -0.39 is 11.8 Å². The molecule has 1 aromatic heterocycles. The molecule has 126 valence electrons. The van der Waals surface area contributed by atoms with Crippen molar-refractivity contribution in [1.82, 2.24) is 15.6 Å². The minimum Gasteiger partial charge on any atom is -0.493 e. The Balaban J connectivity index is 1.85. The minimum absolute atomic E-state index is 0.208. The van der Waals surface area contributed by atoms with Crippen LogP contribution in [0.1, 0.15) is 11.1 Å². The Morgan fingerprint density at radius 2 is 1.62 bits per heavy atom. The lowest BCUT2D eigenvalue weighted by Gasteiger charge is -2.10. The van der Waals surface area contributed by atoms with Crippen molar-refractivity contribution in [3.63, 3.8) is 0 Å². The second-order valence-electron chi connectivity index (χ2n) is 4.92. The Morgan fingerprint density at radius 1 is 0.958 bits per heavy atom. The van der Waals surface area contributed by atoms with Crippen LogP contribution < -0.4 is 20.1 Å². The van der Waals surface area contributed by atoms with Crippen molar-refractivity contribution in [2.24, 2.45) is 0 Å². The first-order chi connectivity index (χ1) is 11.6. The van der Waals surface area contributed by atoms with Gasteiger partial charge in [-0.15, -0.1) is 0 Å². The highest BCUT2D eigenvalue weighted by molar-refractivity contribution is 6.35. The predicted octanol–water partition coefficient (Wildman–Crippen LogP) is 1.03. The lowest BCUT2D eigenvalue weighted by molar-refractivity contribution is -0.139. The Bertz CT molecular complexity index is 704. The van der Waals surface area contributed by atoms with Crippen LogP contribution in [0.4, 0.5) is 0 Å². The van der Waals surface area contributed by atoms with Crippen LogP contribution in [-0.4, -0.2) is 31.0 Å². The van der Waals surface area contributed by atoms with Gasteiger partial charge in [0.15, 0.2) is 11.5 Å². The van der Waals surface area contributed by atoms with E-state index in [9.17, 15) is 9.59 Å². The summed E-state index contributed by atoms with van der Waals surface area (Å²) in [5.41, 5.74) is 1.61. The van der Waals surface area contributed by atoms with E-state index in [0.717, 1.165) is 11.1 Å². The van der Waals surface area contributed by atoms with E-state index in [4.69, 9.17) is 9.47 Å². The second kappa shape index (κ2) is 8.52. The highest BCUT2D eigenvalue weighted by Crippen LogP contribution is 2.27. The van der Waals surface area contributed by atoms with Crippen LogP contribution in [0, 0.1) is 0 Å². The van der Waals surface area contributed by atoms with Crippen LogP contribution in [0.3, 0.4) is 0 Å². The van der Waals surface area contributed by atoms with Crippen LogP contribution in [0.15, 0.2) is 42.7 Å². The first-order valence-corrected chi connectivity index (χ1v) is 7.30. The smallest absolute Gasteiger partial charge is 0.309 e. The molecule has 0 saturated carbocycles. The predicted molar refractivity (Wildman–Crippen MR) is 87.5 cm³/mol. The molecule has 0 fully saturated rings. The van der Waals surface area contributed by atoms with E-state index in [2.05, 4.69) is 15.6 Å². The number of amides is 2. The van der Waals surface area contributed by atoms with E-state index in [1.165, 1.54) is 7.11 Å². The number of aromatic nitrogens is 1. The summed E-state index contributed by atoms with van der Waals surface area (Å²) in [4.78, 5) is 27.5. The average molecular weight is 329 g/mol. The van der Waals surface area contributed by atoms with Crippen LogP contribution in [0.5, 0.6) is 11.5 Å². The van der Waals surface area contributed by atoms with Crippen molar-refractivity contribution in [3.8, 4) is 11.5 Å². The molecule has 24 heavy (non-hydrogen) atoms. The number of hydrogen-bond donors (Lipinski definition) is 2. The van der Waals surface area contributed by atoms with E-state index in [-0.39, 0.29) is 13.1 Å². The summed E-state index contributed by atoms with van der Waals surface area (Å²) < 4.78 is 10.3. The number of ether oxygens (including phenoxy) is 2. The van der Waals surface area contributed by atoms with Crippen molar-refractivity contribution in [2.75, 3.05) is 14.2 Å². The van der Waals surface area contributed by atoms with Gasteiger partial charge in [0.1, 0.15) is 0 Å². The fourth-order valence-corrected chi connectivity index (χ4v) is 2.02. The molecule has 2 N–H and O–H groups in total. The molecule has 0 aliphatic rings. The molecule has 7 heteroatoms. The lowest BCUT2D eigenvalue weighted by atomic mass is 10.2. The molecule has 0 aliphatic carbocycles. The van der Waals surface area contributed by atoms with Crippen molar-refractivity contribution in [3.05, 3.63) is 53.9 Å². The number of nitrogens with one attached hydrogen (secondary N) is 2. The Kier molecular flexibility index (Phi) is 6.13. The summed E-state index contributed by atoms with van der Waals surface area (Å²) >= 11 is 0. The molecule has 1 aromatic carbocycles. The maximum absolute atomic E-state index is 11.8. The van der Waals surface area contributed by atoms with E-state index in [1.54, 1.807) is 43.8 Å². The number of carbonyl (C=O) groups is 2. The van der Waals surface area contributed by atoms with Crippen molar-refractivity contribution in [2.45, 2.75) is 13.1 Å². The van der Waals surface area contributed by atoms with E-state index >= 15 is 0 Å². The number of rotatable bonds is 6. The molecule has 0 unspecified atom stereocenters. The van der Waals surface area contributed by atoms with E-state index in [0.29, 0.717) is 11.5 Å². The lowest BCUT2D eigenvalue weighted by Crippen LogP contribution is -2.39. The summed E-state index contributed by atoms with van der Waals surface area (Å²) in [6, 6.07) is 8.85. The normalized spacial score (nSPS) is 9.92. The highest BCUT2D eigenvalue weighted by atomic mass is 16.5. The molecule has 0 bridgehead atoms. The van der Waals surface area contributed by atoms with Crippen molar-refractivity contribution >= 4 is 11.8 Å². The van der Waals surface area contributed by atoms with Gasteiger partial charge in [-0.3, -0.25) is 14.6 Å². The molecule has 0 atom stereocenters. The molecule has 2 rings (SSSR count). The zero-order valence-electron chi connectivity index (χ0n) is 13.5. The molecular formula is C17H19N3O4. The molecular weight excluding hydrogens is 310 g/mol. The van der Waals surface area contributed by atoms with Crippen LogP contribution in [0.2, 0.25) is 0 Å². The third kappa shape index (κ3) is 4.70. The molecule has 0 spiro atoms. The van der Waals surface area contributed by atoms with Gasteiger partial charge in [-0.1, -0.05) is 12.1 Å². The maximum atomic E-state index is 11.8. The second-order valence-corrected chi connectivity index (χ2v) is 4.92. The van der Waals surface area contributed by atoms with Gasteiger partial charge in [0.25, 0.3) is 0 Å². The molecule has 0 radical (unpaired) electrons. The number of hydrogen-bond acceptors (Lipinski definition) is 5. The van der Waals surface area contributed by atoms with Gasteiger partial charge in [0.2, 0.25) is 0 Å². The summed E-state index contributed by atoms with van der Waals surface area (Å²) in [6.07, 6.45) is 3.27. The van der Waals surface area contributed by atoms with Crippen LogP contribution in [0.25, 0.3) is 0 Å². The van der Waals surface area contributed by atoms with Gasteiger partial charge >= 0.3 is 11.8 Å². The van der Waals surface area contributed by atoms with Gasteiger partial charge in [-0.05, 0) is 29.3 Å². The number of nitrogens with zero attached hydrogens (tertiary/aromatic N) is 1. The zero-order valence-corrected chi connectivity index (χ0v) is 13.5. The highest BCUT2D eigenvalue weighted by Gasteiger charge is 2.13. The average Bonchev–Trinajstić information content (AvgIpc) is 2.64. The summed E-state index contributed by atoms with van der Waals surface area (Å²) in [5.74, 6) is -0.236. The first-order valence-electron chi connectivity index (χ1n) is 7.30. The topological polar surface area (TPSA) is 89.5 Å². The fourth-order valence-electron chi connectivity index (χ4n) is 2.02. The fraction of sp³-hybridized carbons (Fsp3) is 0.235. The van der Waals surface area contributed by atoms with Crippen molar-refractivity contribution in [1.29, 1.82) is 0 Å². The van der Waals surface area contributed by atoms with Gasteiger partial charge in [0.05, 0.1) is 14.2 Å². The molecule has 0 aliphatic heterocycles. The number of methoxy groups -OCH3 is 2. The van der Waals surface area contributed by atoms with E-state index in [1.807, 2.05) is 6.07 Å².